The van der Waals surface area contributed by atoms with Crippen molar-refractivity contribution >= 4 is 15.9 Å². The van der Waals surface area contributed by atoms with E-state index in [1.54, 1.807) is 4.72 Å². The Bertz CT molecular complexity index is 914. The third kappa shape index (κ3) is 5.74. The van der Waals surface area contributed by atoms with Gasteiger partial charge in [0.15, 0.2) is 0 Å². The number of aromatic nitrogens is 1. The van der Waals surface area contributed by atoms with Gasteiger partial charge in [-0.2, -0.15) is 13.2 Å². The second kappa shape index (κ2) is 8.03. The minimum atomic E-state index is -4.64. The van der Waals surface area contributed by atoms with E-state index in [-0.39, 0.29) is 23.4 Å². The predicted octanol–water partition coefficient (Wildman–Crippen LogP) is 1.39. The van der Waals surface area contributed by atoms with Gasteiger partial charge >= 0.3 is 6.18 Å². The van der Waals surface area contributed by atoms with Crippen molar-refractivity contribution in [2.45, 2.75) is 18.9 Å². The van der Waals surface area contributed by atoms with Crippen LogP contribution in [0.4, 0.5) is 13.2 Å². The smallest absolute Gasteiger partial charge is 0.390 e. The molecule has 0 saturated carbocycles. The fraction of sp³-hybridized carbons (Fsp3) is 0.250. The molecule has 0 fully saturated rings. The molecule has 0 aliphatic heterocycles. The summed E-state index contributed by atoms with van der Waals surface area (Å²) in [7, 11) is -4.35. The van der Waals surface area contributed by atoms with Gasteiger partial charge in [0.1, 0.15) is 0 Å². The summed E-state index contributed by atoms with van der Waals surface area (Å²) >= 11 is 0. The molecule has 146 valence electrons. The summed E-state index contributed by atoms with van der Waals surface area (Å²) in [6, 6.07) is 6.18. The summed E-state index contributed by atoms with van der Waals surface area (Å²) < 4.78 is 63.9. The fourth-order valence-electron chi connectivity index (χ4n) is 2.12. The van der Waals surface area contributed by atoms with Gasteiger partial charge < -0.3 is 10.2 Å². The van der Waals surface area contributed by atoms with Crippen LogP contribution in [0.2, 0.25) is 0 Å². The number of carbonyl (C=O) groups excluding carboxylic acids is 1. The zero-order chi connectivity index (χ0) is 20.2. The summed E-state index contributed by atoms with van der Waals surface area (Å²) in [5.41, 5.74) is -1.12. The van der Waals surface area contributed by atoms with Gasteiger partial charge in [0, 0.05) is 6.20 Å². The Hall–Kier alpha value is -2.50. The third-order valence-electron chi connectivity index (χ3n) is 3.47. The zero-order valence-electron chi connectivity index (χ0n) is 13.6. The number of halogens is 3. The van der Waals surface area contributed by atoms with Gasteiger partial charge in [0.25, 0.3) is 5.91 Å². The van der Waals surface area contributed by atoms with E-state index in [0.29, 0.717) is 6.07 Å². The molecular weight excluding hydrogens is 389 g/mol. The first-order valence-corrected chi connectivity index (χ1v) is 9.13. The second-order valence-corrected chi connectivity index (χ2v) is 7.31. The molecule has 2 aromatic rings. The van der Waals surface area contributed by atoms with E-state index in [4.69, 9.17) is 5.11 Å². The molecule has 11 heteroatoms. The molecule has 1 unspecified atom stereocenters. The Morgan fingerprint density at radius 3 is 2.48 bits per heavy atom. The lowest BCUT2D eigenvalue weighted by Gasteiger charge is -2.14. The highest BCUT2D eigenvalue weighted by molar-refractivity contribution is 7.90. The molecule has 1 atom stereocenters. The number of benzene rings is 1. The molecule has 0 bridgehead atoms. The summed E-state index contributed by atoms with van der Waals surface area (Å²) in [5.74, 6) is -2.04. The summed E-state index contributed by atoms with van der Waals surface area (Å²) in [4.78, 5) is 15.7. The molecule has 27 heavy (non-hydrogen) atoms. The van der Waals surface area contributed by atoms with Crippen LogP contribution in [0.5, 0.6) is 0 Å². The number of carbonyl (C=O) groups is 1. The molecule has 1 aromatic heterocycles. The van der Waals surface area contributed by atoms with E-state index in [2.05, 4.69) is 4.98 Å². The monoisotopic (exact) mass is 404 g/mol. The highest BCUT2D eigenvalue weighted by Crippen LogP contribution is 2.30. The highest BCUT2D eigenvalue weighted by Gasteiger charge is 2.31. The van der Waals surface area contributed by atoms with E-state index < -0.39 is 39.5 Å². The molecular formula is C16H15F3N2O5S. The number of aliphatic hydroxyl groups is 2. The average molecular weight is 404 g/mol. The van der Waals surface area contributed by atoms with Crippen LogP contribution in [-0.4, -0.2) is 35.3 Å². The maximum absolute atomic E-state index is 12.7. The standard InChI is InChI=1S/C16H15F3N2O5S/c17-16(18,19)12-3-1-2-10(6-12)14(23)9-27(25,26)21-15(24)11-4-5-13(8-22)20-7-11/h1-7,14,22-23H,8-9H2,(H,21,24). The lowest BCUT2D eigenvalue weighted by Crippen LogP contribution is -2.34. The first-order chi connectivity index (χ1) is 12.5. The Labute approximate surface area is 152 Å². The van der Waals surface area contributed by atoms with Gasteiger partial charge in [-0.05, 0) is 29.8 Å². The number of sulfonamides is 1. The van der Waals surface area contributed by atoms with Crippen LogP contribution in [0, 0.1) is 0 Å². The van der Waals surface area contributed by atoms with E-state index >= 15 is 0 Å². The maximum atomic E-state index is 12.7. The van der Waals surface area contributed by atoms with Gasteiger partial charge in [0.05, 0.1) is 35.3 Å². The van der Waals surface area contributed by atoms with Crippen molar-refractivity contribution in [1.82, 2.24) is 9.71 Å². The SMILES string of the molecule is O=C(NS(=O)(=O)CC(O)c1cccc(C(F)(F)F)c1)c1ccc(CO)nc1. The van der Waals surface area contributed by atoms with Crippen LogP contribution in [-0.2, 0) is 22.8 Å². The molecule has 0 spiro atoms. The van der Waals surface area contributed by atoms with Crippen molar-refractivity contribution in [3.63, 3.8) is 0 Å². The molecule has 7 nitrogen and oxygen atoms in total. The van der Waals surface area contributed by atoms with Crippen LogP contribution in [0.3, 0.4) is 0 Å². The second-order valence-electron chi connectivity index (χ2n) is 5.55. The molecule has 0 saturated heterocycles. The van der Waals surface area contributed by atoms with Crippen LogP contribution >= 0.6 is 0 Å². The molecule has 1 heterocycles. The number of pyridine rings is 1. The molecule has 1 amide bonds. The Morgan fingerprint density at radius 2 is 1.93 bits per heavy atom. The Balaban J connectivity index is 2.09. The normalized spacial score (nSPS) is 13.2. The van der Waals surface area contributed by atoms with Crippen molar-refractivity contribution in [3.05, 3.63) is 65.0 Å². The Kier molecular flexibility index (Phi) is 6.19. The van der Waals surface area contributed by atoms with Gasteiger partial charge in [-0.25, -0.2) is 13.1 Å². The Morgan fingerprint density at radius 1 is 1.22 bits per heavy atom. The number of hydrogen-bond acceptors (Lipinski definition) is 6. The quantitative estimate of drug-likeness (QED) is 0.670. The van der Waals surface area contributed by atoms with E-state index in [1.807, 2.05) is 0 Å². The zero-order valence-corrected chi connectivity index (χ0v) is 14.5. The summed E-state index contributed by atoms with van der Waals surface area (Å²) in [5, 5.41) is 18.8. The number of hydrogen-bond donors (Lipinski definition) is 3. The predicted molar refractivity (Wildman–Crippen MR) is 87.8 cm³/mol. The van der Waals surface area contributed by atoms with E-state index in [9.17, 15) is 31.5 Å². The first kappa shape index (κ1) is 20.8. The van der Waals surface area contributed by atoms with Gasteiger partial charge in [-0.3, -0.25) is 9.78 Å². The van der Waals surface area contributed by atoms with Crippen LogP contribution in [0.15, 0.2) is 42.6 Å². The van der Waals surface area contributed by atoms with Crippen LogP contribution < -0.4 is 4.72 Å². The first-order valence-electron chi connectivity index (χ1n) is 7.47. The van der Waals surface area contributed by atoms with E-state index in [0.717, 1.165) is 24.4 Å². The number of amides is 1. The number of aliphatic hydroxyl groups excluding tert-OH is 2. The van der Waals surface area contributed by atoms with Gasteiger partial charge in [-0.1, -0.05) is 12.1 Å². The van der Waals surface area contributed by atoms with Crippen molar-refractivity contribution in [2.75, 3.05) is 5.75 Å². The molecule has 2 rings (SSSR count). The topological polar surface area (TPSA) is 117 Å². The molecule has 1 aromatic carbocycles. The summed E-state index contributed by atoms with van der Waals surface area (Å²) in [6.45, 7) is -0.358. The highest BCUT2D eigenvalue weighted by atomic mass is 32.2. The number of nitrogens with one attached hydrogen (secondary N) is 1. The molecule has 3 N–H and O–H groups in total. The molecule has 0 radical (unpaired) electrons. The number of nitrogens with zero attached hydrogens (tertiary/aromatic N) is 1. The van der Waals surface area contributed by atoms with Crippen LogP contribution in [0.25, 0.3) is 0 Å². The molecule has 0 aliphatic rings. The van der Waals surface area contributed by atoms with Gasteiger partial charge in [0.2, 0.25) is 10.0 Å². The van der Waals surface area contributed by atoms with Gasteiger partial charge in [-0.15, -0.1) is 0 Å². The van der Waals surface area contributed by atoms with Crippen molar-refractivity contribution in [2.24, 2.45) is 0 Å². The van der Waals surface area contributed by atoms with Crippen molar-refractivity contribution < 1.29 is 36.6 Å². The number of rotatable bonds is 6. The van der Waals surface area contributed by atoms with Crippen molar-refractivity contribution in [1.29, 1.82) is 0 Å². The fourth-order valence-corrected chi connectivity index (χ4v) is 3.21. The lowest BCUT2D eigenvalue weighted by molar-refractivity contribution is -0.137. The summed E-state index contributed by atoms with van der Waals surface area (Å²) in [6.07, 6.45) is -5.36. The minimum Gasteiger partial charge on any atom is -0.390 e. The average Bonchev–Trinajstić information content (AvgIpc) is 2.60. The third-order valence-corrected chi connectivity index (χ3v) is 4.72. The van der Waals surface area contributed by atoms with E-state index in [1.165, 1.54) is 12.1 Å². The van der Waals surface area contributed by atoms with Crippen LogP contribution in [0.1, 0.15) is 33.3 Å². The minimum absolute atomic E-state index is 0.107. The lowest BCUT2D eigenvalue weighted by atomic mass is 10.1. The molecule has 0 aliphatic carbocycles. The van der Waals surface area contributed by atoms with Crippen molar-refractivity contribution in [3.8, 4) is 0 Å². The number of alkyl halides is 3. The maximum Gasteiger partial charge on any atom is 0.416 e. The largest absolute Gasteiger partial charge is 0.416 e.